The number of para-hydroxylation sites is 1. The zero-order chi connectivity index (χ0) is 29.1. The molecule has 2 heterocycles. The molecule has 1 aliphatic heterocycles. The standard InChI is InChI=1S/C30H32ClIN4O4S/c1-32(2)23-10-9-22(26(31)18-23)20-35-14-16-36(17-15-35)30(37)25-12-11-24(19-27(25)40-3)34-41(38,39)28-8-4-6-21-7-5-13-33-29(21)28/h4-13,18-19,34H,14-17,20H2,1-3H3. The first-order valence-electron chi connectivity index (χ1n) is 13.0. The summed E-state index contributed by atoms with van der Waals surface area (Å²) in [4.78, 5) is 26.5. The molecule has 1 fully saturated rings. The number of pyridine rings is 1. The molecule has 3 aromatic carbocycles. The molecular weight excluding hydrogens is 675 g/mol. The van der Waals surface area contributed by atoms with Gasteiger partial charge in [-0.3, -0.25) is 9.71 Å². The van der Waals surface area contributed by atoms with Crippen LogP contribution in [0.3, 0.4) is 0 Å². The molecule has 1 aromatic heterocycles. The molecule has 0 radical (unpaired) electrons. The van der Waals surface area contributed by atoms with Crippen LogP contribution in [0.25, 0.3) is 10.9 Å². The van der Waals surface area contributed by atoms with E-state index in [0.717, 1.165) is 35.6 Å². The molecule has 8 nitrogen and oxygen atoms in total. The Morgan fingerprint density at radius 3 is 2.49 bits per heavy atom. The van der Waals surface area contributed by atoms with Crippen molar-refractivity contribution in [3.05, 3.63) is 92.6 Å². The van der Waals surface area contributed by atoms with E-state index in [-0.39, 0.29) is 10.8 Å². The molecule has 1 amide bonds. The van der Waals surface area contributed by atoms with E-state index in [4.69, 9.17) is 16.3 Å². The second kappa shape index (κ2) is 12.5. The van der Waals surface area contributed by atoms with Crippen LogP contribution in [-0.4, -0.2) is 72.3 Å². The number of rotatable bonds is 8. The van der Waals surface area contributed by atoms with Gasteiger partial charge in [0, 0.05) is 17.6 Å². The molecule has 0 bridgehead atoms. The monoisotopic (exact) mass is 706 g/mol. The van der Waals surface area contributed by atoms with Crippen molar-refractivity contribution in [2.75, 3.05) is 47.9 Å². The second-order valence-corrected chi connectivity index (χ2v) is 17.5. The Morgan fingerprint density at radius 1 is 1.02 bits per heavy atom. The summed E-state index contributed by atoms with van der Waals surface area (Å²) in [6.45, 7) is 3.33. The van der Waals surface area contributed by atoms with E-state index < -0.39 is 29.8 Å². The van der Waals surface area contributed by atoms with Crippen molar-refractivity contribution in [1.29, 1.82) is 0 Å². The fourth-order valence-corrected chi connectivity index (χ4v) is 8.33. The topological polar surface area (TPSA) is 91.8 Å². The average molecular weight is 707 g/mol. The van der Waals surface area contributed by atoms with E-state index in [1.54, 1.807) is 35.4 Å². The van der Waals surface area contributed by atoms with Gasteiger partial charge in [-0.05, 0) is 18.2 Å². The van der Waals surface area contributed by atoms with Crippen LogP contribution in [0.15, 0.2) is 77.8 Å². The first kappa shape index (κ1) is 29.6. The number of methoxy groups -OCH3 is 1. The van der Waals surface area contributed by atoms with Gasteiger partial charge in [-0.25, -0.2) is 8.42 Å². The van der Waals surface area contributed by atoms with Gasteiger partial charge in [-0.1, -0.05) is 18.2 Å². The van der Waals surface area contributed by atoms with Crippen molar-refractivity contribution < 1.29 is 17.9 Å². The van der Waals surface area contributed by atoms with E-state index >= 15 is 0 Å². The Morgan fingerprint density at radius 2 is 1.78 bits per heavy atom. The Labute approximate surface area is 253 Å². The van der Waals surface area contributed by atoms with Crippen molar-refractivity contribution in [2.45, 2.75) is 11.4 Å². The van der Waals surface area contributed by atoms with Gasteiger partial charge in [0.25, 0.3) is 10.0 Å². The third-order valence-corrected chi connectivity index (χ3v) is 12.0. The quantitative estimate of drug-likeness (QED) is 0.190. The molecule has 4 aromatic rings. The van der Waals surface area contributed by atoms with Crippen molar-refractivity contribution in [1.82, 2.24) is 14.8 Å². The SMILES string of the molecule is COc1cc(NS(=O)(=O)c2cccc3cccnc23)ccc1C(=O)N1CCN(Cc2ccc(I(C)C)cc2Cl)CC1. The van der Waals surface area contributed by atoms with Gasteiger partial charge in [0.1, 0.15) is 4.90 Å². The van der Waals surface area contributed by atoms with Crippen LogP contribution in [0.1, 0.15) is 15.9 Å². The molecule has 11 heteroatoms. The fraction of sp³-hybridized carbons (Fsp3) is 0.267. The third-order valence-electron chi connectivity index (χ3n) is 7.07. The summed E-state index contributed by atoms with van der Waals surface area (Å²) >= 11 is 5.50. The van der Waals surface area contributed by atoms with Crippen molar-refractivity contribution in [3.63, 3.8) is 0 Å². The number of nitrogens with zero attached hydrogens (tertiary/aromatic N) is 3. The molecule has 5 rings (SSSR count). The average Bonchev–Trinajstić information content (AvgIpc) is 2.97. The summed E-state index contributed by atoms with van der Waals surface area (Å²) in [7, 11) is -2.47. The number of ether oxygens (including phenoxy) is 1. The summed E-state index contributed by atoms with van der Waals surface area (Å²) in [5, 5.41) is 1.53. The van der Waals surface area contributed by atoms with Gasteiger partial charge in [0.15, 0.2) is 0 Å². The Hall–Kier alpha value is -2.93. The zero-order valence-electron chi connectivity index (χ0n) is 23.1. The molecule has 1 N–H and O–H groups in total. The summed E-state index contributed by atoms with van der Waals surface area (Å²) in [5.41, 5.74) is 2.16. The van der Waals surface area contributed by atoms with Crippen molar-refractivity contribution in [3.8, 4) is 5.75 Å². The van der Waals surface area contributed by atoms with Crippen LogP contribution in [-0.2, 0) is 16.6 Å². The maximum absolute atomic E-state index is 13.4. The molecule has 41 heavy (non-hydrogen) atoms. The molecule has 0 saturated carbocycles. The van der Waals surface area contributed by atoms with Gasteiger partial charge in [0.05, 0.1) is 18.3 Å². The summed E-state index contributed by atoms with van der Waals surface area (Å²) in [5.74, 6) is 0.147. The van der Waals surface area contributed by atoms with Gasteiger partial charge >= 0.3 is 144 Å². The number of amides is 1. The van der Waals surface area contributed by atoms with Crippen LogP contribution in [0.2, 0.25) is 5.02 Å². The van der Waals surface area contributed by atoms with Crippen molar-refractivity contribution >= 4 is 63.9 Å². The summed E-state index contributed by atoms with van der Waals surface area (Å²) < 4.78 is 36.0. The second-order valence-electron chi connectivity index (χ2n) is 9.91. The fourth-order valence-electron chi connectivity index (χ4n) is 4.84. The number of nitrogens with one attached hydrogen (secondary N) is 1. The predicted molar refractivity (Wildman–Crippen MR) is 173 cm³/mol. The van der Waals surface area contributed by atoms with Gasteiger partial charge in [0.2, 0.25) is 0 Å². The Balaban J connectivity index is 1.26. The molecule has 0 atom stereocenters. The van der Waals surface area contributed by atoms with Crippen LogP contribution in [0, 0.1) is 3.57 Å². The minimum atomic E-state index is -3.94. The van der Waals surface area contributed by atoms with Gasteiger partial charge in [-0.2, -0.15) is 0 Å². The maximum atomic E-state index is 13.4. The Kier molecular flexibility index (Phi) is 9.03. The Bertz CT molecular complexity index is 1690. The zero-order valence-corrected chi connectivity index (χ0v) is 26.8. The van der Waals surface area contributed by atoms with Crippen LogP contribution >= 0.6 is 31.4 Å². The molecule has 1 saturated heterocycles. The predicted octanol–water partition coefficient (Wildman–Crippen LogP) is 5.59. The number of hydrogen-bond acceptors (Lipinski definition) is 6. The molecule has 0 spiro atoms. The number of carbonyl (C=O) groups is 1. The first-order chi connectivity index (χ1) is 19.7. The normalized spacial score (nSPS) is 14.6. The van der Waals surface area contributed by atoms with Gasteiger partial charge < -0.3 is 4.74 Å². The number of benzene rings is 3. The van der Waals surface area contributed by atoms with E-state index in [0.29, 0.717) is 35.6 Å². The van der Waals surface area contributed by atoms with Crippen LogP contribution < -0.4 is 9.46 Å². The number of hydrogen-bond donors (Lipinski definition) is 1. The number of anilines is 1. The number of halogens is 2. The van der Waals surface area contributed by atoms with E-state index in [1.165, 1.54) is 22.8 Å². The van der Waals surface area contributed by atoms with E-state index in [9.17, 15) is 13.2 Å². The molecule has 216 valence electrons. The number of sulfonamides is 1. The first-order valence-corrected chi connectivity index (χ1v) is 20.3. The molecule has 0 unspecified atom stereocenters. The summed E-state index contributed by atoms with van der Waals surface area (Å²) in [6, 6.07) is 19.7. The van der Waals surface area contributed by atoms with Gasteiger partial charge in [-0.15, -0.1) is 0 Å². The van der Waals surface area contributed by atoms with E-state index in [2.05, 4.69) is 42.7 Å². The summed E-state index contributed by atoms with van der Waals surface area (Å²) in [6.07, 6.45) is 1.56. The third kappa shape index (κ3) is 6.61. The van der Waals surface area contributed by atoms with E-state index in [1.807, 2.05) is 12.1 Å². The minimum absolute atomic E-state index is 0.0758. The number of alkyl halides is 2. The number of aromatic nitrogens is 1. The van der Waals surface area contributed by atoms with Crippen LogP contribution in [0.4, 0.5) is 5.69 Å². The number of carbonyl (C=O) groups excluding carboxylic acids is 1. The van der Waals surface area contributed by atoms with Crippen LogP contribution in [0.5, 0.6) is 5.75 Å². The number of fused-ring (bicyclic) bond motifs is 1. The molecule has 1 aliphatic rings. The molecule has 0 aliphatic carbocycles. The number of piperazine rings is 1. The molecular formula is C30H32ClIN4O4S. The van der Waals surface area contributed by atoms with Crippen molar-refractivity contribution in [2.24, 2.45) is 0 Å².